The van der Waals surface area contributed by atoms with Gasteiger partial charge in [0.2, 0.25) is 0 Å². The van der Waals surface area contributed by atoms with Crippen molar-refractivity contribution in [1.82, 2.24) is 15.0 Å². The summed E-state index contributed by atoms with van der Waals surface area (Å²) in [5.74, 6) is 0.295. The topological polar surface area (TPSA) is 85.5 Å². The quantitative estimate of drug-likeness (QED) is 0.793. The van der Waals surface area contributed by atoms with Crippen LogP contribution in [0.5, 0.6) is 0 Å². The monoisotopic (exact) mass is 343 g/mol. The van der Waals surface area contributed by atoms with Crippen LogP contribution in [0.4, 0.5) is 0 Å². The van der Waals surface area contributed by atoms with E-state index in [1.54, 1.807) is 36.1 Å². The Hall–Kier alpha value is -2.70. The summed E-state index contributed by atoms with van der Waals surface area (Å²) < 4.78 is 10.2. The second-order valence-corrected chi connectivity index (χ2v) is 6.10. The van der Waals surface area contributed by atoms with Crippen molar-refractivity contribution in [2.75, 3.05) is 19.7 Å². The fraction of sp³-hybridized carbons (Fsp3) is 0.444. The summed E-state index contributed by atoms with van der Waals surface area (Å²) in [7, 11) is 0. The Kier molecular flexibility index (Phi) is 5.42. The summed E-state index contributed by atoms with van der Waals surface area (Å²) in [5, 5.41) is 3.73. The Bertz CT molecular complexity index is 731. The van der Waals surface area contributed by atoms with Gasteiger partial charge in [0, 0.05) is 18.7 Å². The minimum atomic E-state index is -0.517. The molecule has 1 amide bonds. The van der Waals surface area contributed by atoms with Crippen LogP contribution in [0.3, 0.4) is 0 Å². The van der Waals surface area contributed by atoms with Crippen LogP contribution >= 0.6 is 0 Å². The molecule has 1 saturated heterocycles. The highest BCUT2D eigenvalue weighted by Gasteiger charge is 2.18. The van der Waals surface area contributed by atoms with Gasteiger partial charge in [0.25, 0.3) is 11.8 Å². The van der Waals surface area contributed by atoms with Gasteiger partial charge >= 0.3 is 5.97 Å². The molecule has 0 bridgehead atoms. The smallest absolute Gasteiger partial charge is 0.338 e. The zero-order valence-corrected chi connectivity index (χ0v) is 14.2. The summed E-state index contributed by atoms with van der Waals surface area (Å²) >= 11 is 0. The average Bonchev–Trinajstić information content (AvgIpc) is 2.89. The van der Waals surface area contributed by atoms with Gasteiger partial charge in [-0.25, -0.2) is 4.79 Å². The van der Waals surface area contributed by atoms with Crippen molar-refractivity contribution < 1.29 is 18.8 Å². The average molecular weight is 343 g/mol. The standard InChI is InChI=1S/C18H21N3O4/c1-13-19-17(25-20-13)14-6-8-15(9-7-14)18(23)24-12-16(22)21-10-4-2-3-5-11-21/h6-9H,2-5,10-12H2,1H3. The lowest BCUT2D eigenvalue weighted by Gasteiger charge is -2.19. The highest BCUT2D eigenvalue weighted by Crippen LogP contribution is 2.18. The largest absolute Gasteiger partial charge is 0.452 e. The summed E-state index contributed by atoms with van der Waals surface area (Å²) in [6.45, 7) is 3.01. The lowest BCUT2D eigenvalue weighted by Crippen LogP contribution is -2.35. The van der Waals surface area contributed by atoms with Crippen LogP contribution < -0.4 is 0 Å². The molecule has 1 aliphatic heterocycles. The third kappa shape index (κ3) is 4.43. The summed E-state index contributed by atoms with van der Waals surface area (Å²) in [6.07, 6.45) is 4.32. The molecule has 132 valence electrons. The fourth-order valence-electron chi connectivity index (χ4n) is 2.79. The zero-order valence-electron chi connectivity index (χ0n) is 14.2. The molecule has 0 N–H and O–H groups in total. The van der Waals surface area contributed by atoms with Crippen LogP contribution in [-0.4, -0.2) is 46.6 Å². The van der Waals surface area contributed by atoms with Crippen molar-refractivity contribution in [1.29, 1.82) is 0 Å². The van der Waals surface area contributed by atoms with Crippen molar-refractivity contribution in [3.8, 4) is 11.5 Å². The normalized spacial score (nSPS) is 14.8. The number of hydrogen-bond acceptors (Lipinski definition) is 6. The first kappa shape index (κ1) is 17.1. The fourth-order valence-corrected chi connectivity index (χ4v) is 2.79. The van der Waals surface area contributed by atoms with Gasteiger partial charge < -0.3 is 14.2 Å². The highest BCUT2D eigenvalue weighted by atomic mass is 16.5. The number of nitrogens with zero attached hydrogens (tertiary/aromatic N) is 3. The second kappa shape index (κ2) is 7.92. The molecule has 1 fully saturated rings. The van der Waals surface area contributed by atoms with E-state index in [0.717, 1.165) is 44.3 Å². The number of esters is 1. The Morgan fingerprint density at radius 1 is 1.12 bits per heavy atom. The van der Waals surface area contributed by atoms with Crippen LogP contribution in [-0.2, 0) is 9.53 Å². The van der Waals surface area contributed by atoms with Crippen LogP contribution in [0.2, 0.25) is 0 Å². The molecule has 1 aliphatic rings. The van der Waals surface area contributed by atoms with Crippen molar-refractivity contribution >= 4 is 11.9 Å². The van der Waals surface area contributed by atoms with Gasteiger partial charge in [-0.05, 0) is 44.0 Å². The van der Waals surface area contributed by atoms with E-state index in [2.05, 4.69) is 10.1 Å². The number of aryl methyl sites for hydroxylation is 1. The van der Waals surface area contributed by atoms with Gasteiger partial charge in [-0.3, -0.25) is 4.79 Å². The van der Waals surface area contributed by atoms with Crippen molar-refractivity contribution in [3.63, 3.8) is 0 Å². The molecule has 2 heterocycles. The maximum absolute atomic E-state index is 12.1. The van der Waals surface area contributed by atoms with Crippen molar-refractivity contribution in [3.05, 3.63) is 35.7 Å². The molecule has 0 spiro atoms. The molecule has 7 nitrogen and oxygen atoms in total. The molecule has 0 saturated carbocycles. The Balaban J connectivity index is 1.55. The van der Waals surface area contributed by atoms with Crippen molar-refractivity contribution in [2.45, 2.75) is 32.6 Å². The minimum absolute atomic E-state index is 0.131. The third-order valence-corrected chi connectivity index (χ3v) is 4.18. The number of ether oxygens (including phenoxy) is 1. The Morgan fingerprint density at radius 3 is 2.40 bits per heavy atom. The van der Waals surface area contributed by atoms with Gasteiger partial charge in [0.05, 0.1) is 5.56 Å². The number of benzene rings is 1. The molecular weight excluding hydrogens is 322 g/mol. The van der Waals surface area contributed by atoms with E-state index in [9.17, 15) is 9.59 Å². The lowest BCUT2D eigenvalue weighted by molar-refractivity contribution is -0.134. The number of amides is 1. The predicted octanol–water partition coefficient (Wildman–Crippen LogP) is 2.60. The Labute approximate surface area is 146 Å². The van der Waals surface area contributed by atoms with E-state index in [0.29, 0.717) is 17.3 Å². The molecule has 0 unspecified atom stereocenters. The number of aromatic nitrogens is 2. The number of carbonyl (C=O) groups excluding carboxylic acids is 2. The number of likely N-dealkylation sites (tertiary alicyclic amines) is 1. The first-order chi connectivity index (χ1) is 12.1. The third-order valence-electron chi connectivity index (χ3n) is 4.18. The van der Waals surface area contributed by atoms with E-state index in [1.165, 1.54) is 0 Å². The molecule has 2 aromatic rings. The van der Waals surface area contributed by atoms with Gasteiger partial charge in [0.1, 0.15) is 0 Å². The van der Waals surface area contributed by atoms with Crippen LogP contribution in [0.15, 0.2) is 28.8 Å². The van der Waals surface area contributed by atoms with Gasteiger partial charge in [0.15, 0.2) is 12.4 Å². The highest BCUT2D eigenvalue weighted by molar-refractivity contribution is 5.91. The van der Waals surface area contributed by atoms with Gasteiger partial charge in [-0.2, -0.15) is 4.98 Å². The van der Waals surface area contributed by atoms with Gasteiger partial charge in [-0.15, -0.1) is 0 Å². The minimum Gasteiger partial charge on any atom is -0.452 e. The van der Waals surface area contributed by atoms with E-state index < -0.39 is 5.97 Å². The predicted molar refractivity (Wildman–Crippen MR) is 89.8 cm³/mol. The number of hydrogen-bond donors (Lipinski definition) is 0. The molecule has 1 aromatic carbocycles. The molecule has 0 radical (unpaired) electrons. The molecule has 3 rings (SSSR count). The molecule has 0 aliphatic carbocycles. The van der Waals surface area contributed by atoms with Crippen LogP contribution in [0.25, 0.3) is 11.5 Å². The van der Waals surface area contributed by atoms with Crippen LogP contribution in [0.1, 0.15) is 41.9 Å². The molecule has 1 aromatic heterocycles. The van der Waals surface area contributed by atoms with E-state index in [1.807, 2.05) is 0 Å². The molecule has 25 heavy (non-hydrogen) atoms. The van der Waals surface area contributed by atoms with Gasteiger partial charge in [-0.1, -0.05) is 18.0 Å². The molecule has 0 atom stereocenters. The summed E-state index contributed by atoms with van der Waals surface area (Å²) in [5.41, 5.74) is 1.10. The van der Waals surface area contributed by atoms with Crippen molar-refractivity contribution in [2.24, 2.45) is 0 Å². The van der Waals surface area contributed by atoms with Crippen LogP contribution in [0, 0.1) is 6.92 Å². The molecular formula is C18H21N3O4. The second-order valence-electron chi connectivity index (χ2n) is 6.10. The first-order valence-corrected chi connectivity index (χ1v) is 8.49. The maximum atomic E-state index is 12.1. The number of rotatable bonds is 4. The van der Waals surface area contributed by atoms with E-state index in [-0.39, 0.29) is 12.5 Å². The zero-order chi connectivity index (χ0) is 17.6. The lowest BCUT2D eigenvalue weighted by atomic mass is 10.1. The Morgan fingerprint density at radius 2 is 1.80 bits per heavy atom. The first-order valence-electron chi connectivity index (χ1n) is 8.49. The summed E-state index contributed by atoms with van der Waals surface area (Å²) in [4.78, 5) is 30.2. The number of carbonyl (C=O) groups is 2. The van der Waals surface area contributed by atoms with E-state index >= 15 is 0 Å². The maximum Gasteiger partial charge on any atom is 0.338 e. The van der Waals surface area contributed by atoms with E-state index in [4.69, 9.17) is 9.26 Å². The molecule has 7 heteroatoms. The summed E-state index contributed by atoms with van der Waals surface area (Å²) in [6, 6.07) is 6.65. The SMILES string of the molecule is Cc1noc(-c2ccc(C(=O)OCC(=O)N3CCCCCC3)cc2)n1.